The number of rotatable bonds is 6. The van der Waals surface area contributed by atoms with Crippen molar-refractivity contribution in [2.75, 3.05) is 14.2 Å². The van der Waals surface area contributed by atoms with Crippen molar-refractivity contribution in [2.45, 2.75) is 13.2 Å². The van der Waals surface area contributed by atoms with Crippen molar-refractivity contribution in [3.8, 4) is 11.5 Å². The first-order valence-corrected chi connectivity index (χ1v) is 5.66. The third kappa shape index (κ3) is 3.01. The van der Waals surface area contributed by atoms with Gasteiger partial charge in [-0.25, -0.2) is 0 Å². The fraction of sp³-hybridized carbons (Fsp3) is 0.308. The number of hydrogen-bond acceptors (Lipinski definition) is 5. The largest absolute Gasteiger partial charge is 0.493 e. The topological polar surface area (TPSA) is 56.5 Å². The second kappa shape index (κ2) is 6.07. The maximum absolute atomic E-state index is 5.66. The summed E-state index contributed by atoms with van der Waals surface area (Å²) >= 11 is 0. The molecule has 1 aromatic carbocycles. The summed E-state index contributed by atoms with van der Waals surface area (Å²) in [5.41, 5.74) is 2.03. The van der Waals surface area contributed by atoms with E-state index in [4.69, 9.17) is 14.0 Å². The van der Waals surface area contributed by atoms with Gasteiger partial charge in [-0.2, -0.15) is 0 Å². The Kier molecular flexibility index (Phi) is 4.20. The van der Waals surface area contributed by atoms with E-state index in [1.54, 1.807) is 19.6 Å². The highest BCUT2D eigenvalue weighted by molar-refractivity contribution is 5.43. The Labute approximate surface area is 106 Å². The summed E-state index contributed by atoms with van der Waals surface area (Å²) in [6, 6.07) is 5.86. The molecular weight excluding hydrogens is 232 g/mol. The minimum atomic E-state index is 0.408. The van der Waals surface area contributed by atoms with Crippen LogP contribution in [0.5, 0.6) is 11.5 Å². The van der Waals surface area contributed by atoms with Crippen LogP contribution >= 0.6 is 0 Å². The van der Waals surface area contributed by atoms with Crippen molar-refractivity contribution in [3.05, 3.63) is 41.8 Å². The number of benzene rings is 1. The van der Waals surface area contributed by atoms with Crippen LogP contribution in [0, 0.1) is 0 Å². The lowest BCUT2D eigenvalue weighted by molar-refractivity contribution is 0.283. The maximum atomic E-state index is 5.66. The molecular formula is C13H16N2O3. The zero-order valence-electron chi connectivity index (χ0n) is 10.5. The minimum Gasteiger partial charge on any atom is -0.493 e. The van der Waals surface area contributed by atoms with Crippen LogP contribution in [0.25, 0.3) is 0 Å². The Balaban J connectivity index is 2.07. The molecule has 18 heavy (non-hydrogen) atoms. The smallest absolute Gasteiger partial charge is 0.161 e. The Morgan fingerprint density at radius 2 is 2.17 bits per heavy atom. The molecule has 0 radical (unpaired) electrons. The van der Waals surface area contributed by atoms with Gasteiger partial charge in [-0.15, -0.1) is 0 Å². The lowest BCUT2D eigenvalue weighted by Crippen LogP contribution is -2.05. The van der Waals surface area contributed by atoms with Gasteiger partial charge < -0.3 is 19.3 Å². The van der Waals surface area contributed by atoms with Crippen LogP contribution in [-0.2, 0) is 13.2 Å². The van der Waals surface area contributed by atoms with Crippen LogP contribution in [0.3, 0.4) is 0 Å². The molecule has 0 bridgehead atoms. The predicted octanol–water partition coefficient (Wildman–Crippen LogP) is 1.98. The van der Waals surface area contributed by atoms with E-state index in [1.807, 2.05) is 25.2 Å². The van der Waals surface area contributed by atoms with Crippen molar-refractivity contribution >= 4 is 0 Å². The molecule has 0 saturated heterocycles. The minimum absolute atomic E-state index is 0.408. The third-order valence-electron chi connectivity index (χ3n) is 2.49. The number of hydrogen-bond donors (Lipinski definition) is 1. The van der Waals surface area contributed by atoms with Gasteiger partial charge >= 0.3 is 0 Å². The summed E-state index contributed by atoms with van der Waals surface area (Å²) in [5, 5.41) is 6.71. The number of nitrogens with zero attached hydrogens (tertiary/aromatic N) is 1. The first-order chi connectivity index (χ1) is 8.83. The highest BCUT2D eigenvalue weighted by Crippen LogP contribution is 2.28. The lowest BCUT2D eigenvalue weighted by Gasteiger charge is -2.11. The molecule has 1 heterocycles. The van der Waals surface area contributed by atoms with Crippen LogP contribution in [0.1, 0.15) is 11.1 Å². The first kappa shape index (κ1) is 12.4. The van der Waals surface area contributed by atoms with Gasteiger partial charge in [0.1, 0.15) is 12.9 Å². The third-order valence-corrected chi connectivity index (χ3v) is 2.49. The van der Waals surface area contributed by atoms with E-state index in [1.165, 1.54) is 0 Å². The van der Waals surface area contributed by atoms with Gasteiger partial charge in [-0.3, -0.25) is 0 Å². The molecule has 0 spiro atoms. The van der Waals surface area contributed by atoms with Gasteiger partial charge in [0.2, 0.25) is 0 Å². The molecule has 0 aliphatic carbocycles. The number of nitrogens with one attached hydrogen (secondary N) is 1. The van der Waals surface area contributed by atoms with E-state index in [2.05, 4.69) is 10.5 Å². The van der Waals surface area contributed by atoms with Gasteiger partial charge in [0.25, 0.3) is 0 Å². The second-order valence-electron chi connectivity index (χ2n) is 3.84. The van der Waals surface area contributed by atoms with Gasteiger partial charge in [0.15, 0.2) is 11.5 Å². The van der Waals surface area contributed by atoms with E-state index >= 15 is 0 Å². The van der Waals surface area contributed by atoms with Crippen molar-refractivity contribution < 1.29 is 14.0 Å². The molecule has 0 unspecified atom stereocenters. The van der Waals surface area contributed by atoms with Gasteiger partial charge in [0.05, 0.1) is 13.3 Å². The zero-order chi connectivity index (χ0) is 12.8. The Morgan fingerprint density at radius 1 is 1.28 bits per heavy atom. The molecule has 1 N–H and O–H groups in total. The molecule has 2 rings (SSSR count). The summed E-state index contributed by atoms with van der Waals surface area (Å²) < 4.78 is 15.7. The van der Waals surface area contributed by atoms with Gasteiger partial charge in [-0.05, 0) is 24.7 Å². The fourth-order valence-corrected chi connectivity index (χ4v) is 1.60. The van der Waals surface area contributed by atoms with E-state index in [0.717, 1.165) is 23.4 Å². The quantitative estimate of drug-likeness (QED) is 0.847. The van der Waals surface area contributed by atoms with Crippen LogP contribution in [0.2, 0.25) is 0 Å². The van der Waals surface area contributed by atoms with Crippen LogP contribution < -0.4 is 14.8 Å². The molecule has 0 aliphatic heterocycles. The fourth-order valence-electron chi connectivity index (χ4n) is 1.60. The van der Waals surface area contributed by atoms with Crippen LogP contribution in [0.4, 0.5) is 0 Å². The first-order valence-electron chi connectivity index (χ1n) is 5.66. The summed E-state index contributed by atoms with van der Waals surface area (Å²) in [5.74, 6) is 1.43. The summed E-state index contributed by atoms with van der Waals surface area (Å²) in [6.07, 6.45) is 3.18. The van der Waals surface area contributed by atoms with E-state index in [-0.39, 0.29) is 0 Å². The second-order valence-corrected chi connectivity index (χ2v) is 3.84. The van der Waals surface area contributed by atoms with E-state index < -0.39 is 0 Å². The average Bonchev–Trinajstić information content (AvgIpc) is 2.90. The van der Waals surface area contributed by atoms with E-state index in [0.29, 0.717) is 12.4 Å². The summed E-state index contributed by atoms with van der Waals surface area (Å²) in [7, 11) is 3.54. The van der Waals surface area contributed by atoms with Crippen molar-refractivity contribution in [3.63, 3.8) is 0 Å². The lowest BCUT2D eigenvalue weighted by atomic mass is 10.2. The Morgan fingerprint density at radius 3 is 2.83 bits per heavy atom. The number of methoxy groups -OCH3 is 1. The molecule has 2 aromatic rings. The average molecular weight is 248 g/mol. The molecule has 0 amide bonds. The summed E-state index contributed by atoms with van der Waals surface area (Å²) in [4.78, 5) is 0. The molecule has 5 heteroatoms. The monoisotopic (exact) mass is 248 g/mol. The number of ether oxygens (including phenoxy) is 2. The molecule has 0 aliphatic rings. The highest BCUT2D eigenvalue weighted by atomic mass is 16.5. The Bertz CT molecular complexity index is 483. The highest BCUT2D eigenvalue weighted by Gasteiger charge is 2.06. The molecule has 0 saturated carbocycles. The molecule has 1 aromatic heterocycles. The van der Waals surface area contributed by atoms with Crippen molar-refractivity contribution in [1.82, 2.24) is 10.5 Å². The standard InChI is InChI=1S/C13H16N2O3/c1-14-6-10-3-4-12(13(5-10)16-2)17-8-11-7-15-18-9-11/h3-5,7,9,14H,6,8H2,1-2H3. The molecule has 0 fully saturated rings. The van der Waals surface area contributed by atoms with Gasteiger partial charge in [-0.1, -0.05) is 11.2 Å². The van der Waals surface area contributed by atoms with Crippen molar-refractivity contribution in [1.29, 1.82) is 0 Å². The van der Waals surface area contributed by atoms with Crippen LogP contribution in [-0.4, -0.2) is 19.3 Å². The molecule has 5 nitrogen and oxygen atoms in total. The zero-order valence-corrected chi connectivity index (χ0v) is 10.5. The van der Waals surface area contributed by atoms with E-state index in [9.17, 15) is 0 Å². The van der Waals surface area contributed by atoms with Crippen molar-refractivity contribution in [2.24, 2.45) is 0 Å². The normalized spacial score (nSPS) is 10.3. The van der Waals surface area contributed by atoms with Crippen LogP contribution in [0.15, 0.2) is 35.2 Å². The predicted molar refractivity (Wildman–Crippen MR) is 66.6 cm³/mol. The maximum Gasteiger partial charge on any atom is 0.161 e. The molecule has 96 valence electrons. The Hall–Kier alpha value is -2.01. The molecule has 0 atom stereocenters. The summed E-state index contributed by atoms with van der Waals surface area (Å²) in [6.45, 7) is 1.20. The van der Waals surface area contributed by atoms with Gasteiger partial charge in [0, 0.05) is 12.1 Å². The SMILES string of the molecule is CNCc1ccc(OCc2cnoc2)c(OC)c1. The number of aromatic nitrogens is 1.